The van der Waals surface area contributed by atoms with E-state index in [0.717, 1.165) is 12.2 Å². The fourth-order valence-corrected chi connectivity index (χ4v) is 1.15. The van der Waals surface area contributed by atoms with Gasteiger partial charge in [0.05, 0.1) is 5.69 Å². The zero-order chi connectivity index (χ0) is 7.68. The lowest BCUT2D eigenvalue weighted by Gasteiger charge is -2.19. The summed E-state index contributed by atoms with van der Waals surface area (Å²) in [5.41, 5.74) is 0.872. The van der Waals surface area contributed by atoms with E-state index in [2.05, 4.69) is 5.32 Å². The fraction of sp³-hybridized carbons (Fsp3) is 0.250. The molecule has 0 fully saturated rings. The van der Waals surface area contributed by atoms with Crippen molar-refractivity contribution in [2.45, 2.75) is 0 Å². The molecule has 12 heavy (non-hydrogen) atoms. The van der Waals surface area contributed by atoms with Crippen molar-refractivity contribution < 1.29 is 9.84 Å². The van der Waals surface area contributed by atoms with Gasteiger partial charge in [-0.25, -0.2) is 0 Å². The van der Waals surface area contributed by atoms with Crippen molar-refractivity contribution >= 4 is 18.1 Å². The summed E-state index contributed by atoms with van der Waals surface area (Å²) in [6.45, 7) is 1.42. The van der Waals surface area contributed by atoms with Gasteiger partial charge >= 0.3 is 0 Å². The molecule has 0 unspecified atom stereocenters. The lowest BCUT2D eigenvalue weighted by Crippen LogP contribution is -2.17. The van der Waals surface area contributed by atoms with Crippen LogP contribution >= 0.6 is 12.4 Å². The summed E-state index contributed by atoms with van der Waals surface area (Å²) >= 11 is 0. The van der Waals surface area contributed by atoms with Gasteiger partial charge in [-0.15, -0.1) is 12.4 Å². The SMILES string of the molecule is Cl.Oc1cccc2c1OCCN2. The van der Waals surface area contributed by atoms with Crippen molar-refractivity contribution in [2.75, 3.05) is 18.5 Å². The molecule has 4 heteroatoms. The molecular formula is C8H10ClNO2. The Labute approximate surface area is 76.8 Å². The minimum Gasteiger partial charge on any atom is -0.504 e. The van der Waals surface area contributed by atoms with Crippen molar-refractivity contribution in [3.8, 4) is 11.5 Å². The summed E-state index contributed by atoms with van der Waals surface area (Å²) in [6.07, 6.45) is 0. The van der Waals surface area contributed by atoms with Crippen LogP contribution < -0.4 is 10.1 Å². The summed E-state index contributed by atoms with van der Waals surface area (Å²) in [6, 6.07) is 5.29. The third-order valence-electron chi connectivity index (χ3n) is 1.66. The molecule has 2 rings (SSSR count). The van der Waals surface area contributed by atoms with Crippen molar-refractivity contribution in [3.63, 3.8) is 0 Å². The number of nitrogens with one attached hydrogen (secondary N) is 1. The second-order valence-corrected chi connectivity index (χ2v) is 2.43. The zero-order valence-corrected chi connectivity index (χ0v) is 7.23. The van der Waals surface area contributed by atoms with Crippen LogP contribution in [0.5, 0.6) is 11.5 Å². The number of ether oxygens (including phenoxy) is 1. The molecular weight excluding hydrogens is 178 g/mol. The number of aromatic hydroxyl groups is 1. The number of rotatable bonds is 0. The second-order valence-electron chi connectivity index (χ2n) is 2.43. The molecule has 0 spiro atoms. The van der Waals surface area contributed by atoms with Gasteiger partial charge in [-0.2, -0.15) is 0 Å². The van der Waals surface area contributed by atoms with E-state index in [9.17, 15) is 5.11 Å². The highest BCUT2D eigenvalue weighted by Crippen LogP contribution is 2.35. The van der Waals surface area contributed by atoms with Gasteiger partial charge in [0.2, 0.25) is 0 Å². The van der Waals surface area contributed by atoms with Crippen LogP contribution in [0.4, 0.5) is 5.69 Å². The van der Waals surface area contributed by atoms with Crippen LogP contribution in [0.1, 0.15) is 0 Å². The molecule has 0 amide bonds. The van der Waals surface area contributed by atoms with E-state index in [0.29, 0.717) is 12.4 Å². The van der Waals surface area contributed by atoms with Crippen LogP contribution in [0.25, 0.3) is 0 Å². The molecule has 66 valence electrons. The minimum atomic E-state index is 0. The Bertz CT molecular complexity index is 278. The lowest BCUT2D eigenvalue weighted by molar-refractivity contribution is 0.304. The summed E-state index contributed by atoms with van der Waals surface area (Å²) in [5, 5.41) is 12.4. The first-order chi connectivity index (χ1) is 5.38. The maximum Gasteiger partial charge on any atom is 0.184 e. The number of phenols is 1. The monoisotopic (exact) mass is 187 g/mol. The molecule has 2 N–H and O–H groups in total. The summed E-state index contributed by atoms with van der Waals surface area (Å²) < 4.78 is 5.24. The quantitative estimate of drug-likeness (QED) is 0.649. The highest BCUT2D eigenvalue weighted by atomic mass is 35.5. The number of hydrogen-bond acceptors (Lipinski definition) is 3. The lowest BCUT2D eigenvalue weighted by atomic mass is 10.2. The highest BCUT2D eigenvalue weighted by Gasteiger charge is 2.11. The average molecular weight is 188 g/mol. The first-order valence-electron chi connectivity index (χ1n) is 3.56. The summed E-state index contributed by atoms with van der Waals surface area (Å²) in [7, 11) is 0. The van der Waals surface area contributed by atoms with E-state index in [-0.39, 0.29) is 18.2 Å². The van der Waals surface area contributed by atoms with E-state index >= 15 is 0 Å². The van der Waals surface area contributed by atoms with E-state index < -0.39 is 0 Å². The van der Waals surface area contributed by atoms with Crippen LogP contribution in [0.2, 0.25) is 0 Å². The predicted molar refractivity (Wildman–Crippen MR) is 49.3 cm³/mol. The standard InChI is InChI=1S/C8H9NO2.ClH/c10-7-3-1-2-6-8(7)11-5-4-9-6;/h1-3,9-10H,4-5H2;1H. The summed E-state index contributed by atoms with van der Waals surface area (Å²) in [5.74, 6) is 0.772. The Morgan fingerprint density at radius 1 is 1.42 bits per heavy atom. The molecule has 1 aromatic rings. The van der Waals surface area contributed by atoms with Gasteiger partial charge in [-0.3, -0.25) is 0 Å². The largest absolute Gasteiger partial charge is 0.504 e. The molecule has 3 nitrogen and oxygen atoms in total. The number of phenolic OH excluding ortho intramolecular Hbond substituents is 1. The fourth-order valence-electron chi connectivity index (χ4n) is 1.15. The number of halogens is 1. The molecule has 1 aliphatic heterocycles. The normalized spacial score (nSPS) is 13.3. The Balaban J connectivity index is 0.000000720. The Hall–Kier alpha value is -1.09. The number of para-hydroxylation sites is 1. The molecule has 0 radical (unpaired) electrons. The minimum absolute atomic E-state index is 0. The first kappa shape index (κ1) is 9.00. The molecule has 0 saturated heterocycles. The molecule has 0 aromatic heterocycles. The zero-order valence-electron chi connectivity index (χ0n) is 6.41. The van der Waals surface area contributed by atoms with E-state index in [1.807, 2.05) is 6.07 Å². The van der Waals surface area contributed by atoms with E-state index in [4.69, 9.17) is 4.74 Å². The molecule has 0 atom stereocenters. The van der Waals surface area contributed by atoms with Crippen LogP contribution in [0.3, 0.4) is 0 Å². The van der Waals surface area contributed by atoms with Gasteiger partial charge in [0.1, 0.15) is 6.61 Å². The van der Waals surface area contributed by atoms with Gasteiger partial charge < -0.3 is 15.2 Å². The van der Waals surface area contributed by atoms with Gasteiger partial charge in [0, 0.05) is 6.54 Å². The molecule has 1 heterocycles. The third-order valence-corrected chi connectivity index (χ3v) is 1.66. The highest BCUT2D eigenvalue weighted by molar-refractivity contribution is 5.85. The molecule has 0 bridgehead atoms. The third kappa shape index (κ3) is 1.41. The maximum absolute atomic E-state index is 9.29. The number of hydrogen-bond donors (Lipinski definition) is 2. The van der Waals surface area contributed by atoms with Gasteiger partial charge in [-0.05, 0) is 12.1 Å². The predicted octanol–water partition coefficient (Wildman–Crippen LogP) is 1.62. The van der Waals surface area contributed by atoms with Crippen LogP contribution in [-0.2, 0) is 0 Å². The van der Waals surface area contributed by atoms with Gasteiger partial charge in [0.25, 0.3) is 0 Å². The van der Waals surface area contributed by atoms with E-state index in [1.54, 1.807) is 12.1 Å². The number of benzene rings is 1. The molecule has 1 aliphatic rings. The van der Waals surface area contributed by atoms with Crippen LogP contribution in [0, 0.1) is 0 Å². The first-order valence-corrected chi connectivity index (χ1v) is 3.56. The van der Waals surface area contributed by atoms with Crippen molar-refractivity contribution in [2.24, 2.45) is 0 Å². The van der Waals surface area contributed by atoms with Crippen molar-refractivity contribution in [1.82, 2.24) is 0 Å². The average Bonchev–Trinajstić information content (AvgIpc) is 2.06. The van der Waals surface area contributed by atoms with Gasteiger partial charge in [0.15, 0.2) is 11.5 Å². The van der Waals surface area contributed by atoms with Crippen molar-refractivity contribution in [3.05, 3.63) is 18.2 Å². The van der Waals surface area contributed by atoms with Crippen LogP contribution in [-0.4, -0.2) is 18.3 Å². The van der Waals surface area contributed by atoms with E-state index in [1.165, 1.54) is 0 Å². The Morgan fingerprint density at radius 3 is 3.00 bits per heavy atom. The second kappa shape index (κ2) is 3.54. The molecule has 0 saturated carbocycles. The number of fused-ring (bicyclic) bond motifs is 1. The van der Waals surface area contributed by atoms with Crippen molar-refractivity contribution in [1.29, 1.82) is 0 Å². The Morgan fingerprint density at radius 2 is 2.25 bits per heavy atom. The Kier molecular flexibility index (Phi) is 2.65. The number of anilines is 1. The smallest absolute Gasteiger partial charge is 0.184 e. The summed E-state index contributed by atoms with van der Waals surface area (Å²) in [4.78, 5) is 0. The van der Waals surface area contributed by atoms with Gasteiger partial charge in [-0.1, -0.05) is 6.07 Å². The maximum atomic E-state index is 9.29. The topological polar surface area (TPSA) is 41.5 Å². The molecule has 1 aromatic carbocycles. The molecule has 0 aliphatic carbocycles. The van der Waals surface area contributed by atoms with Crippen LogP contribution in [0.15, 0.2) is 18.2 Å².